The molecule has 2 heterocycles. The first-order valence-corrected chi connectivity index (χ1v) is 6.57. The minimum Gasteiger partial charge on any atom is -0.461 e. The van der Waals surface area contributed by atoms with Crippen LogP contribution in [-0.4, -0.2) is 33.3 Å². The van der Waals surface area contributed by atoms with E-state index in [1.165, 1.54) is 0 Å². The van der Waals surface area contributed by atoms with Crippen molar-refractivity contribution in [1.82, 2.24) is 25.5 Å². The fourth-order valence-corrected chi connectivity index (χ4v) is 1.61. The Hall–Kier alpha value is -1.69. The molecule has 6 heteroatoms. The lowest BCUT2D eigenvalue weighted by atomic mass is 9.92. The van der Waals surface area contributed by atoms with E-state index >= 15 is 0 Å². The summed E-state index contributed by atoms with van der Waals surface area (Å²) in [6.07, 6.45) is 2.75. The highest BCUT2D eigenvalue weighted by molar-refractivity contribution is 5.43. The van der Waals surface area contributed by atoms with Gasteiger partial charge in [-0.15, -0.1) is 10.2 Å². The molecule has 0 aliphatic rings. The molecule has 0 aliphatic carbocycles. The van der Waals surface area contributed by atoms with Crippen molar-refractivity contribution in [3.63, 3.8) is 0 Å². The van der Waals surface area contributed by atoms with Crippen molar-refractivity contribution in [3.05, 3.63) is 18.4 Å². The standard InChI is InChI=1S/C13H21N5O/c1-13(2,3)6-7-14-8-9-18-16-12(15-17-18)11-5-4-10-19-11/h4-5,10,14H,6-9H2,1-3H3. The van der Waals surface area contributed by atoms with Gasteiger partial charge in [0.15, 0.2) is 5.76 Å². The molecular weight excluding hydrogens is 242 g/mol. The van der Waals surface area contributed by atoms with Crippen molar-refractivity contribution >= 4 is 0 Å². The third-order valence-corrected chi connectivity index (χ3v) is 2.73. The zero-order valence-electron chi connectivity index (χ0n) is 11.8. The molecular formula is C13H21N5O. The van der Waals surface area contributed by atoms with Crippen LogP contribution in [0.4, 0.5) is 0 Å². The number of hydrogen-bond donors (Lipinski definition) is 1. The van der Waals surface area contributed by atoms with Crippen LogP contribution in [0.25, 0.3) is 11.6 Å². The first-order valence-electron chi connectivity index (χ1n) is 6.57. The Bertz CT molecular complexity index is 483. The average Bonchev–Trinajstić information content (AvgIpc) is 2.97. The third-order valence-electron chi connectivity index (χ3n) is 2.73. The van der Waals surface area contributed by atoms with Crippen LogP contribution in [0.5, 0.6) is 0 Å². The molecule has 2 aromatic heterocycles. The summed E-state index contributed by atoms with van der Waals surface area (Å²) in [6, 6.07) is 3.63. The van der Waals surface area contributed by atoms with Gasteiger partial charge in [0.1, 0.15) is 0 Å². The van der Waals surface area contributed by atoms with Gasteiger partial charge in [-0.05, 0) is 35.7 Å². The molecule has 0 radical (unpaired) electrons. The summed E-state index contributed by atoms with van der Waals surface area (Å²) in [5, 5.41) is 15.6. The maximum Gasteiger partial charge on any atom is 0.240 e. The Kier molecular flexibility index (Phi) is 4.31. The van der Waals surface area contributed by atoms with Crippen molar-refractivity contribution in [3.8, 4) is 11.6 Å². The first kappa shape index (κ1) is 13.7. The Labute approximate surface area is 113 Å². The van der Waals surface area contributed by atoms with Crippen LogP contribution in [0.2, 0.25) is 0 Å². The van der Waals surface area contributed by atoms with Gasteiger partial charge in [-0.25, -0.2) is 0 Å². The topological polar surface area (TPSA) is 68.8 Å². The second-order valence-electron chi connectivity index (χ2n) is 5.75. The largest absolute Gasteiger partial charge is 0.461 e. The van der Waals surface area contributed by atoms with Gasteiger partial charge in [0.25, 0.3) is 0 Å². The normalized spacial score (nSPS) is 11.9. The number of tetrazole rings is 1. The highest BCUT2D eigenvalue weighted by Gasteiger charge is 2.09. The first-order chi connectivity index (χ1) is 9.04. The Balaban J connectivity index is 1.72. The summed E-state index contributed by atoms with van der Waals surface area (Å²) < 4.78 is 5.22. The summed E-state index contributed by atoms with van der Waals surface area (Å²) in [5.41, 5.74) is 0.366. The predicted octanol–water partition coefficient (Wildman–Crippen LogP) is 1.96. The van der Waals surface area contributed by atoms with Gasteiger partial charge in [0.2, 0.25) is 5.82 Å². The molecule has 0 saturated heterocycles. The Morgan fingerprint density at radius 1 is 1.32 bits per heavy atom. The molecule has 0 bridgehead atoms. The second kappa shape index (κ2) is 5.97. The van der Waals surface area contributed by atoms with E-state index < -0.39 is 0 Å². The van der Waals surface area contributed by atoms with Gasteiger partial charge >= 0.3 is 0 Å². The Morgan fingerprint density at radius 3 is 2.84 bits per heavy atom. The van der Waals surface area contributed by atoms with Crippen LogP contribution in [0.3, 0.4) is 0 Å². The molecule has 2 rings (SSSR count). The van der Waals surface area contributed by atoms with Crippen molar-refractivity contribution in [2.24, 2.45) is 5.41 Å². The SMILES string of the molecule is CC(C)(C)CCNCCn1nnc(-c2ccco2)n1. The van der Waals surface area contributed by atoms with E-state index in [9.17, 15) is 0 Å². The summed E-state index contributed by atoms with van der Waals surface area (Å²) in [7, 11) is 0. The third kappa shape index (κ3) is 4.48. The number of aromatic nitrogens is 4. The van der Waals surface area contributed by atoms with Crippen LogP contribution in [0.1, 0.15) is 27.2 Å². The lowest BCUT2D eigenvalue weighted by Gasteiger charge is -2.17. The summed E-state index contributed by atoms with van der Waals surface area (Å²) in [4.78, 5) is 1.59. The van der Waals surface area contributed by atoms with E-state index in [-0.39, 0.29) is 0 Å². The highest BCUT2D eigenvalue weighted by Crippen LogP contribution is 2.16. The maximum absolute atomic E-state index is 5.22. The molecule has 0 saturated carbocycles. The summed E-state index contributed by atoms with van der Waals surface area (Å²) >= 11 is 0. The molecule has 104 valence electrons. The second-order valence-corrected chi connectivity index (χ2v) is 5.75. The summed E-state index contributed by atoms with van der Waals surface area (Å²) in [5.74, 6) is 1.17. The fraction of sp³-hybridized carbons (Fsp3) is 0.615. The number of furan rings is 1. The maximum atomic E-state index is 5.22. The highest BCUT2D eigenvalue weighted by atomic mass is 16.3. The van der Waals surface area contributed by atoms with Crippen molar-refractivity contribution in [1.29, 1.82) is 0 Å². The molecule has 19 heavy (non-hydrogen) atoms. The minimum absolute atomic E-state index is 0.366. The van der Waals surface area contributed by atoms with Crippen LogP contribution in [0.15, 0.2) is 22.8 Å². The van der Waals surface area contributed by atoms with Gasteiger partial charge in [-0.3, -0.25) is 0 Å². The summed E-state index contributed by atoms with van der Waals surface area (Å²) in [6.45, 7) is 9.26. The van der Waals surface area contributed by atoms with E-state index in [0.717, 1.165) is 19.5 Å². The Morgan fingerprint density at radius 2 is 2.16 bits per heavy atom. The molecule has 2 aromatic rings. The fourth-order valence-electron chi connectivity index (χ4n) is 1.61. The quantitative estimate of drug-likeness (QED) is 0.807. The van der Waals surface area contributed by atoms with Crippen LogP contribution >= 0.6 is 0 Å². The molecule has 0 fully saturated rings. The van der Waals surface area contributed by atoms with E-state index in [4.69, 9.17) is 4.42 Å². The van der Waals surface area contributed by atoms with Crippen LogP contribution < -0.4 is 5.32 Å². The number of nitrogens with zero attached hydrogens (tertiary/aromatic N) is 4. The van der Waals surface area contributed by atoms with Gasteiger partial charge < -0.3 is 9.73 Å². The molecule has 0 spiro atoms. The molecule has 0 unspecified atom stereocenters. The van der Waals surface area contributed by atoms with Crippen LogP contribution in [0, 0.1) is 5.41 Å². The van der Waals surface area contributed by atoms with Crippen molar-refractivity contribution < 1.29 is 4.42 Å². The van der Waals surface area contributed by atoms with Gasteiger partial charge in [0, 0.05) is 6.54 Å². The average molecular weight is 263 g/mol. The van der Waals surface area contributed by atoms with E-state index in [2.05, 4.69) is 41.5 Å². The number of rotatable bonds is 6. The van der Waals surface area contributed by atoms with Crippen LogP contribution in [-0.2, 0) is 6.54 Å². The van der Waals surface area contributed by atoms with Gasteiger partial charge in [-0.1, -0.05) is 20.8 Å². The molecule has 0 amide bonds. The zero-order chi connectivity index (χ0) is 13.7. The number of nitrogens with one attached hydrogen (secondary N) is 1. The van der Waals surface area contributed by atoms with E-state index in [0.29, 0.717) is 23.5 Å². The van der Waals surface area contributed by atoms with Crippen molar-refractivity contribution in [2.45, 2.75) is 33.7 Å². The van der Waals surface area contributed by atoms with Gasteiger partial charge in [0.05, 0.1) is 12.8 Å². The van der Waals surface area contributed by atoms with E-state index in [1.54, 1.807) is 11.1 Å². The molecule has 0 atom stereocenters. The lowest BCUT2D eigenvalue weighted by Crippen LogP contribution is -2.25. The number of hydrogen-bond acceptors (Lipinski definition) is 5. The smallest absolute Gasteiger partial charge is 0.240 e. The predicted molar refractivity (Wildman–Crippen MR) is 72.5 cm³/mol. The minimum atomic E-state index is 0.366. The molecule has 1 N–H and O–H groups in total. The molecule has 6 nitrogen and oxygen atoms in total. The monoisotopic (exact) mass is 263 g/mol. The van der Waals surface area contributed by atoms with Crippen molar-refractivity contribution in [2.75, 3.05) is 13.1 Å². The van der Waals surface area contributed by atoms with E-state index in [1.807, 2.05) is 12.1 Å². The molecule has 0 aliphatic heterocycles. The zero-order valence-corrected chi connectivity index (χ0v) is 11.8. The lowest BCUT2D eigenvalue weighted by molar-refractivity contribution is 0.362. The van der Waals surface area contributed by atoms with Gasteiger partial charge in [-0.2, -0.15) is 4.80 Å². The molecule has 0 aromatic carbocycles.